The van der Waals surface area contributed by atoms with E-state index in [0.717, 1.165) is 23.1 Å². The van der Waals surface area contributed by atoms with Crippen molar-refractivity contribution in [3.63, 3.8) is 0 Å². The quantitative estimate of drug-likeness (QED) is 0.844. The molecule has 18 heavy (non-hydrogen) atoms. The third-order valence-corrected chi connectivity index (χ3v) is 3.03. The van der Waals surface area contributed by atoms with Crippen LogP contribution in [0.1, 0.15) is 35.6 Å². The first-order chi connectivity index (χ1) is 8.45. The first kappa shape index (κ1) is 14.7. The number of aliphatic carboxylic acids is 1. The van der Waals surface area contributed by atoms with Crippen LogP contribution in [0.15, 0.2) is 12.1 Å². The van der Waals surface area contributed by atoms with Crippen molar-refractivity contribution in [1.29, 1.82) is 0 Å². The molecule has 0 heterocycles. The lowest BCUT2D eigenvalue weighted by Crippen LogP contribution is -2.27. The van der Waals surface area contributed by atoms with Crippen LogP contribution in [-0.2, 0) is 16.0 Å². The zero-order valence-electron chi connectivity index (χ0n) is 11.6. The van der Waals surface area contributed by atoms with Gasteiger partial charge < -0.3 is 9.84 Å². The average Bonchev–Trinajstić information content (AvgIpc) is 2.26. The maximum absolute atomic E-state index is 11.2. The minimum atomic E-state index is -0.886. The lowest BCUT2D eigenvalue weighted by atomic mass is 9.95. The molecule has 1 aromatic carbocycles. The first-order valence-electron chi connectivity index (χ1n) is 6.36. The summed E-state index contributed by atoms with van der Waals surface area (Å²) in [6.07, 6.45) is 0.521. The van der Waals surface area contributed by atoms with Gasteiger partial charge in [-0.2, -0.15) is 0 Å². The molecule has 0 aliphatic carbocycles. The summed E-state index contributed by atoms with van der Waals surface area (Å²) in [4.78, 5) is 11.2. The summed E-state index contributed by atoms with van der Waals surface area (Å²) in [5.74, 6) is -0.886. The minimum absolute atomic E-state index is 0.438. The van der Waals surface area contributed by atoms with E-state index in [1.807, 2.05) is 27.7 Å². The fraction of sp³-hybridized carbons (Fsp3) is 0.533. The number of carboxylic acid groups (broad SMARTS) is 1. The van der Waals surface area contributed by atoms with Crippen LogP contribution in [-0.4, -0.2) is 23.8 Å². The van der Waals surface area contributed by atoms with Gasteiger partial charge in [-0.1, -0.05) is 24.6 Å². The van der Waals surface area contributed by atoms with Crippen molar-refractivity contribution in [3.05, 3.63) is 34.4 Å². The topological polar surface area (TPSA) is 46.5 Å². The summed E-state index contributed by atoms with van der Waals surface area (Å²) < 4.78 is 5.40. The molecule has 1 N–H and O–H groups in total. The van der Waals surface area contributed by atoms with Crippen LogP contribution in [0.3, 0.4) is 0 Å². The normalized spacial score (nSPS) is 12.4. The van der Waals surface area contributed by atoms with Gasteiger partial charge in [0.1, 0.15) is 0 Å². The van der Waals surface area contributed by atoms with E-state index in [1.54, 1.807) is 0 Å². The zero-order valence-corrected chi connectivity index (χ0v) is 11.6. The molecule has 100 valence electrons. The molecule has 1 atom stereocenters. The van der Waals surface area contributed by atoms with Crippen LogP contribution in [0.5, 0.6) is 0 Å². The van der Waals surface area contributed by atoms with Gasteiger partial charge in [0.05, 0.1) is 0 Å². The van der Waals surface area contributed by atoms with Gasteiger partial charge in [-0.25, -0.2) is 4.79 Å². The third-order valence-electron chi connectivity index (χ3n) is 3.03. The molecule has 0 aromatic heterocycles. The Labute approximate surface area is 109 Å². The Morgan fingerprint density at radius 1 is 1.28 bits per heavy atom. The van der Waals surface area contributed by atoms with Crippen molar-refractivity contribution in [2.75, 3.05) is 6.61 Å². The molecule has 0 saturated heterocycles. The van der Waals surface area contributed by atoms with Crippen molar-refractivity contribution in [2.24, 2.45) is 0 Å². The van der Waals surface area contributed by atoms with Gasteiger partial charge >= 0.3 is 5.97 Å². The molecule has 0 aliphatic heterocycles. The highest BCUT2D eigenvalue weighted by Crippen LogP contribution is 2.19. The van der Waals surface area contributed by atoms with E-state index >= 15 is 0 Å². The molecule has 0 spiro atoms. The standard InChI is InChI=1S/C15H22O3/c1-5-6-18-14(15(16)17)9-13-11(3)7-10(2)8-12(13)4/h7-8,14H,5-6,9H2,1-4H3,(H,16,17)/t14-/m1/s1. The summed E-state index contributed by atoms with van der Waals surface area (Å²) in [6.45, 7) is 8.55. The molecule has 3 heteroatoms. The van der Waals surface area contributed by atoms with Gasteiger partial charge in [0.2, 0.25) is 0 Å². The van der Waals surface area contributed by atoms with E-state index in [4.69, 9.17) is 4.74 Å². The Morgan fingerprint density at radius 3 is 2.28 bits per heavy atom. The maximum Gasteiger partial charge on any atom is 0.333 e. The number of carbonyl (C=O) groups is 1. The van der Waals surface area contributed by atoms with Crippen LogP contribution in [0.25, 0.3) is 0 Å². The Hall–Kier alpha value is -1.35. The van der Waals surface area contributed by atoms with Crippen LogP contribution in [0.2, 0.25) is 0 Å². The molecule has 0 aliphatic rings. The second-order valence-corrected chi connectivity index (χ2v) is 4.78. The Bertz CT molecular complexity index is 401. The fourth-order valence-corrected chi connectivity index (χ4v) is 2.19. The number of hydrogen-bond acceptors (Lipinski definition) is 2. The van der Waals surface area contributed by atoms with Crippen molar-refractivity contribution in [2.45, 2.75) is 46.6 Å². The van der Waals surface area contributed by atoms with Crippen LogP contribution >= 0.6 is 0 Å². The van der Waals surface area contributed by atoms with E-state index in [1.165, 1.54) is 5.56 Å². The van der Waals surface area contributed by atoms with Crippen LogP contribution in [0, 0.1) is 20.8 Å². The van der Waals surface area contributed by atoms with E-state index in [9.17, 15) is 9.90 Å². The fourth-order valence-electron chi connectivity index (χ4n) is 2.19. The molecular weight excluding hydrogens is 228 g/mol. The van der Waals surface area contributed by atoms with Gasteiger partial charge in [-0.05, 0) is 43.9 Å². The molecule has 1 rings (SSSR count). The van der Waals surface area contributed by atoms with Gasteiger partial charge in [-0.3, -0.25) is 0 Å². The highest BCUT2D eigenvalue weighted by molar-refractivity contribution is 5.73. The third kappa shape index (κ3) is 3.84. The average molecular weight is 250 g/mol. The lowest BCUT2D eigenvalue weighted by molar-refractivity contribution is -0.150. The predicted molar refractivity (Wildman–Crippen MR) is 72.0 cm³/mol. The monoisotopic (exact) mass is 250 g/mol. The highest BCUT2D eigenvalue weighted by atomic mass is 16.5. The Morgan fingerprint density at radius 2 is 1.83 bits per heavy atom. The van der Waals surface area contributed by atoms with Gasteiger partial charge in [-0.15, -0.1) is 0 Å². The molecule has 3 nitrogen and oxygen atoms in total. The van der Waals surface area contributed by atoms with Gasteiger partial charge in [0.15, 0.2) is 6.10 Å². The van der Waals surface area contributed by atoms with Crippen molar-refractivity contribution in [3.8, 4) is 0 Å². The highest BCUT2D eigenvalue weighted by Gasteiger charge is 2.20. The van der Waals surface area contributed by atoms with Gasteiger partial charge in [0, 0.05) is 13.0 Å². The summed E-state index contributed by atoms with van der Waals surface area (Å²) in [7, 11) is 0. The lowest BCUT2D eigenvalue weighted by Gasteiger charge is -2.17. The Balaban J connectivity index is 2.90. The van der Waals surface area contributed by atoms with E-state index < -0.39 is 12.1 Å². The second-order valence-electron chi connectivity index (χ2n) is 4.78. The SMILES string of the molecule is CCCO[C@H](Cc1c(C)cc(C)cc1C)C(=O)O. The number of aryl methyl sites for hydroxylation is 3. The van der Waals surface area contributed by atoms with Crippen molar-refractivity contribution < 1.29 is 14.6 Å². The molecule has 0 fully saturated rings. The largest absolute Gasteiger partial charge is 0.479 e. The smallest absolute Gasteiger partial charge is 0.333 e. The van der Waals surface area contributed by atoms with E-state index in [-0.39, 0.29) is 0 Å². The van der Waals surface area contributed by atoms with Crippen LogP contribution in [0.4, 0.5) is 0 Å². The Kier molecular flexibility index (Phi) is 5.35. The molecule has 0 bridgehead atoms. The molecule has 0 saturated carbocycles. The van der Waals surface area contributed by atoms with Crippen molar-refractivity contribution in [1.82, 2.24) is 0 Å². The molecule has 0 unspecified atom stereocenters. The summed E-state index contributed by atoms with van der Waals surface area (Å²) in [6, 6.07) is 4.17. The van der Waals surface area contributed by atoms with Crippen LogP contribution < -0.4 is 0 Å². The molecule has 0 radical (unpaired) electrons. The maximum atomic E-state index is 11.2. The molecular formula is C15H22O3. The molecule has 0 amide bonds. The summed E-state index contributed by atoms with van der Waals surface area (Å²) in [5, 5.41) is 9.17. The summed E-state index contributed by atoms with van der Waals surface area (Å²) in [5.41, 5.74) is 4.57. The predicted octanol–water partition coefficient (Wildman–Crippen LogP) is 3.03. The minimum Gasteiger partial charge on any atom is -0.479 e. The second kappa shape index (κ2) is 6.55. The van der Waals surface area contributed by atoms with E-state index in [2.05, 4.69) is 12.1 Å². The number of ether oxygens (including phenoxy) is 1. The number of rotatable bonds is 6. The number of benzene rings is 1. The molecule has 1 aromatic rings. The first-order valence-corrected chi connectivity index (χ1v) is 6.36. The zero-order chi connectivity index (χ0) is 13.7. The van der Waals surface area contributed by atoms with E-state index in [0.29, 0.717) is 13.0 Å². The van der Waals surface area contributed by atoms with Crippen molar-refractivity contribution >= 4 is 5.97 Å². The number of carboxylic acids is 1. The van der Waals surface area contributed by atoms with Gasteiger partial charge in [0.25, 0.3) is 0 Å². The number of hydrogen-bond donors (Lipinski definition) is 1. The summed E-state index contributed by atoms with van der Waals surface area (Å²) >= 11 is 0.